The van der Waals surface area contributed by atoms with Gasteiger partial charge in [-0.15, -0.1) is 0 Å². The van der Waals surface area contributed by atoms with E-state index in [0.29, 0.717) is 6.04 Å². The van der Waals surface area contributed by atoms with Crippen molar-refractivity contribution in [3.8, 4) is 11.5 Å². The lowest BCUT2D eigenvalue weighted by molar-refractivity contribution is -0.159. The molecule has 0 amide bonds. The Labute approximate surface area is 161 Å². The lowest BCUT2D eigenvalue weighted by atomic mass is 10.2. The van der Waals surface area contributed by atoms with Crippen LogP contribution in [0.25, 0.3) is 6.08 Å². The van der Waals surface area contributed by atoms with Gasteiger partial charge >= 0.3 is 11.9 Å². The van der Waals surface area contributed by atoms with E-state index in [4.69, 9.17) is 29.3 Å². The van der Waals surface area contributed by atoms with Gasteiger partial charge in [0.1, 0.15) is 0 Å². The number of allylic oxidation sites excluding steroid dienone is 1. The zero-order valence-corrected chi connectivity index (χ0v) is 16.5. The molecule has 0 bridgehead atoms. The second kappa shape index (κ2) is 14.6. The van der Waals surface area contributed by atoms with Crippen molar-refractivity contribution in [1.82, 2.24) is 5.32 Å². The van der Waals surface area contributed by atoms with E-state index in [1.807, 2.05) is 37.3 Å². The number of benzene rings is 1. The van der Waals surface area contributed by atoms with Crippen molar-refractivity contribution >= 4 is 18.0 Å². The molecular formula is C20H31NO6. The Bertz CT molecular complexity index is 588. The van der Waals surface area contributed by atoms with Gasteiger partial charge in [-0.2, -0.15) is 0 Å². The highest BCUT2D eigenvalue weighted by Gasteiger charge is 2.05. The minimum atomic E-state index is -1.82. The van der Waals surface area contributed by atoms with Crippen molar-refractivity contribution in [2.45, 2.75) is 46.1 Å². The smallest absolute Gasteiger partial charge is 0.414 e. The lowest BCUT2D eigenvalue weighted by Crippen LogP contribution is -2.26. The second-order valence-electron chi connectivity index (χ2n) is 5.84. The van der Waals surface area contributed by atoms with E-state index in [-0.39, 0.29) is 0 Å². The zero-order chi connectivity index (χ0) is 20.7. The maximum atomic E-state index is 9.10. The zero-order valence-electron chi connectivity index (χ0n) is 16.5. The summed E-state index contributed by atoms with van der Waals surface area (Å²) in [5.74, 6) is -2.03. The van der Waals surface area contributed by atoms with Gasteiger partial charge in [-0.1, -0.05) is 25.1 Å². The molecule has 0 saturated heterocycles. The number of carboxylic acids is 2. The minimum absolute atomic E-state index is 0.602. The Balaban J connectivity index is 0.000000972. The van der Waals surface area contributed by atoms with Crippen LogP contribution in [0.2, 0.25) is 0 Å². The van der Waals surface area contributed by atoms with Crippen molar-refractivity contribution in [3.05, 3.63) is 29.8 Å². The largest absolute Gasteiger partial charge is 0.493 e. The minimum Gasteiger partial charge on any atom is -0.493 e. The molecule has 1 aromatic carbocycles. The van der Waals surface area contributed by atoms with Gasteiger partial charge in [0, 0.05) is 6.04 Å². The molecule has 0 aliphatic rings. The molecule has 0 radical (unpaired) electrons. The molecule has 3 N–H and O–H groups in total. The van der Waals surface area contributed by atoms with E-state index in [0.717, 1.165) is 43.1 Å². The highest BCUT2D eigenvalue weighted by Crippen LogP contribution is 2.28. The van der Waals surface area contributed by atoms with Gasteiger partial charge in [0.15, 0.2) is 11.5 Å². The van der Waals surface area contributed by atoms with E-state index < -0.39 is 11.9 Å². The lowest BCUT2D eigenvalue weighted by Gasteiger charge is -2.13. The summed E-state index contributed by atoms with van der Waals surface area (Å²) in [5.41, 5.74) is 1.12. The van der Waals surface area contributed by atoms with Crippen molar-refractivity contribution < 1.29 is 29.3 Å². The molecule has 0 aromatic heterocycles. The van der Waals surface area contributed by atoms with Crippen molar-refractivity contribution in [2.75, 3.05) is 20.3 Å². The van der Waals surface area contributed by atoms with Crippen LogP contribution < -0.4 is 14.8 Å². The quantitative estimate of drug-likeness (QED) is 0.421. The normalized spacial score (nSPS) is 11.4. The van der Waals surface area contributed by atoms with Crippen LogP contribution in [0.15, 0.2) is 24.3 Å². The molecule has 1 aromatic rings. The molecule has 1 unspecified atom stereocenters. The van der Waals surface area contributed by atoms with Gasteiger partial charge in [0.05, 0.1) is 13.7 Å². The summed E-state index contributed by atoms with van der Waals surface area (Å²) in [7, 11) is 1.68. The average molecular weight is 381 g/mol. The van der Waals surface area contributed by atoms with Crippen molar-refractivity contribution in [1.29, 1.82) is 0 Å². The fourth-order valence-corrected chi connectivity index (χ4v) is 2.00. The number of ether oxygens (including phenoxy) is 2. The molecule has 27 heavy (non-hydrogen) atoms. The Hall–Kier alpha value is -2.54. The third-order valence-corrected chi connectivity index (χ3v) is 3.66. The van der Waals surface area contributed by atoms with Crippen LogP contribution in [0.5, 0.6) is 11.5 Å². The topological polar surface area (TPSA) is 105 Å². The molecule has 0 saturated carbocycles. The number of nitrogens with one attached hydrogen (secondary N) is 1. The van der Waals surface area contributed by atoms with Gasteiger partial charge in [-0.05, 0) is 57.4 Å². The van der Waals surface area contributed by atoms with Crippen LogP contribution >= 0.6 is 0 Å². The Morgan fingerprint density at radius 1 is 1.19 bits per heavy atom. The molecule has 0 aliphatic carbocycles. The summed E-state index contributed by atoms with van der Waals surface area (Å²) < 4.78 is 11.2. The van der Waals surface area contributed by atoms with Gasteiger partial charge in [-0.25, -0.2) is 9.59 Å². The number of rotatable bonds is 10. The standard InChI is InChI=1S/C18H29NO2.C2H2O4/c1-5-9-16-10-11-17(18(14-16)20-4)21-13-8-7-12-19-15(3)6-2;3-1(4)2(5)6/h5,9-11,14-15,19H,6-8,12-13H2,1-4H3;(H,3,4)(H,5,6). The van der Waals surface area contributed by atoms with Crippen LogP contribution in [0, 0.1) is 0 Å². The first-order valence-electron chi connectivity index (χ1n) is 8.98. The number of aliphatic carboxylic acids is 2. The van der Waals surface area contributed by atoms with E-state index in [1.54, 1.807) is 7.11 Å². The molecule has 0 heterocycles. The van der Waals surface area contributed by atoms with Gasteiger partial charge < -0.3 is 25.0 Å². The van der Waals surface area contributed by atoms with E-state index in [1.165, 1.54) is 6.42 Å². The maximum Gasteiger partial charge on any atom is 0.414 e. The first-order chi connectivity index (χ1) is 12.8. The number of methoxy groups -OCH3 is 1. The van der Waals surface area contributed by atoms with Crippen LogP contribution in [0.4, 0.5) is 0 Å². The molecule has 152 valence electrons. The molecule has 7 nitrogen and oxygen atoms in total. The van der Waals surface area contributed by atoms with Crippen molar-refractivity contribution in [2.24, 2.45) is 0 Å². The summed E-state index contributed by atoms with van der Waals surface area (Å²) in [5, 5.41) is 18.3. The fraction of sp³-hybridized carbons (Fsp3) is 0.500. The highest BCUT2D eigenvalue weighted by molar-refractivity contribution is 6.27. The molecule has 1 atom stereocenters. The first kappa shape index (κ1) is 24.5. The van der Waals surface area contributed by atoms with E-state index in [2.05, 4.69) is 19.2 Å². The fourth-order valence-electron chi connectivity index (χ4n) is 2.00. The molecule has 0 aliphatic heterocycles. The monoisotopic (exact) mass is 381 g/mol. The van der Waals surface area contributed by atoms with Crippen LogP contribution in [0.1, 0.15) is 45.6 Å². The third-order valence-electron chi connectivity index (χ3n) is 3.66. The van der Waals surface area contributed by atoms with Gasteiger partial charge in [-0.3, -0.25) is 0 Å². The second-order valence-corrected chi connectivity index (χ2v) is 5.84. The molecule has 0 fully saturated rings. The first-order valence-corrected chi connectivity index (χ1v) is 8.98. The summed E-state index contributed by atoms with van der Waals surface area (Å²) in [6, 6.07) is 6.62. The van der Waals surface area contributed by atoms with Crippen molar-refractivity contribution in [3.63, 3.8) is 0 Å². The Kier molecular flexibility index (Phi) is 13.2. The van der Waals surface area contributed by atoms with E-state index in [9.17, 15) is 0 Å². The number of carbonyl (C=O) groups is 2. The molecule has 1 rings (SSSR count). The third kappa shape index (κ3) is 11.6. The SMILES string of the molecule is CC=Cc1ccc(OCCCCNC(C)CC)c(OC)c1.O=C(O)C(=O)O. The van der Waals surface area contributed by atoms with Crippen LogP contribution in [-0.4, -0.2) is 48.5 Å². The predicted octanol–water partition coefficient (Wildman–Crippen LogP) is 3.43. The average Bonchev–Trinajstić information content (AvgIpc) is 2.65. The summed E-state index contributed by atoms with van der Waals surface area (Å²) in [6.45, 7) is 8.19. The highest BCUT2D eigenvalue weighted by atomic mass is 16.5. The Morgan fingerprint density at radius 2 is 1.85 bits per heavy atom. The number of unbranched alkanes of at least 4 members (excludes halogenated alkanes) is 1. The van der Waals surface area contributed by atoms with E-state index >= 15 is 0 Å². The molecule has 0 spiro atoms. The number of hydrogen-bond donors (Lipinski definition) is 3. The summed E-state index contributed by atoms with van der Waals surface area (Å²) in [6.07, 6.45) is 7.41. The van der Waals surface area contributed by atoms with Crippen LogP contribution in [0.3, 0.4) is 0 Å². The van der Waals surface area contributed by atoms with Gasteiger partial charge in [0.2, 0.25) is 0 Å². The summed E-state index contributed by atoms with van der Waals surface area (Å²) >= 11 is 0. The number of carboxylic acid groups (broad SMARTS) is 2. The Morgan fingerprint density at radius 3 is 2.37 bits per heavy atom. The molecular weight excluding hydrogens is 350 g/mol. The predicted molar refractivity (Wildman–Crippen MR) is 105 cm³/mol. The van der Waals surface area contributed by atoms with Crippen LogP contribution in [-0.2, 0) is 9.59 Å². The maximum absolute atomic E-state index is 9.10. The van der Waals surface area contributed by atoms with Gasteiger partial charge in [0.25, 0.3) is 0 Å². The number of hydrogen-bond acceptors (Lipinski definition) is 5. The summed E-state index contributed by atoms with van der Waals surface area (Å²) in [4.78, 5) is 18.2. The molecule has 7 heteroatoms.